The lowest BCUT2D eigenvalue weighted by molar-refractivity contribution is 0.477. The van der Waals surface area contributed by atoms with Crippen LogP contribution >= 0.6 is 0 Å². The van der Waals surface area contributed by atoms with Crippen molar-refractivity contribution in [1.82, 2.24) is 24.1 Å². The average Bonchev–Trinajstić information content (AvgIpc) is 3.45. The van der Waals surface area contributed by atoms with Crippen molar-refractivity contribution in [3.63, 3.8) is 0 Å². The van der Waals surface area contributed by atoms with Gasteiger partial charge in [-0.05, 0) is 37.8 Å². The minimum atomic E-state index is -3.53. The molecule has 1 saturated heterocycles. The first-order chi connectivity index (χ1) is 15.0. The molecule has 160 valence electrons. The van der Waals surface area contributed by atoms with Gasteiger partial charge in [0.1, 0.15) is 0 Å². The fourth-order valence-electron chi connectivity index (χ4n) is 4.31. The van der Waals surface area contributed by atoms with Crippen LogP contribution < -0.4 is 0 Å². The van der Waals surface area contributed by atoms with Gasteiger partial charge in [0.15, 0.2) is 11.5 Å². The maximum atomic E-state index is 13.3. The molecule has 7 nitrogen and oxygen atoms in total. The Kier molecular flexibility index (Phi) is 4.98. The topological polar surface area (TPSA) is 80.5 Å². The Morgan fingerprint density at radius 2 is 1.74 bits per heavy atom. The van der Waals surface area contributed by atoms with Crippen LogP contribution in [0.25, 0.3) is 27.7 Å². The molecule has 0 spiro atoms. The number of rotatable bonds is 5. The predicted molar refractivity (Wildman–Crippen MR) is 120 cm³/mol. The molecule has 31 heavy (non-hydrogen) atoms. The van der Waals surface area contributed by atoms with E-state index in [2.05, 4.69) is 17.1 Å². The first-order valence-electron chi connectivity index (χ1n) is 10.7. The lowest BCUT2D eigenvalue weighted by Gasteiger charge is -2.18. The van der Waals surface area contributed by atoms with E-state index in [1.165, 1.54) is 0 Å². The normalized spacial score (nSPS) is 15.3. The van der Waals surface area contributed by atoms with E-state index in [1.54, 1.807) is 14.9 Å². The van der Waals surface area contributed by atoms with E-state index in [1.807, 2.05) is 43.3 Å². The van der Waals surface area contributed by atoms with Crippen molar-refractivity contribution in [2.24, 2.45) is 0 Å². The molecular formula is C23H25N5O2S. The van der Waals surface area contributed by atoms with Crippen LogP contribution in [-0.4, -0.2) is 45.6 Å². The van der Waals surface area contributed by atoms with Gasteiger partial charge in [0.05, 0.1) is 10.6 Å². The van der Waals surface area contributed by atoms with E-state index < -0.39 is 10.0 Å². The molecule has 5 rings (SSSR count). The highest BCUT2D eigenvalue weighted by molar-refractivity contribution is 7.89. The van der Waals surface area contributed by atoms with E-state index in [0.29, 0.717) is 18.0 Å². The van der Waals surface area contributed by atoms with Crippen molar-refractivity contribution in [1.29, 1.82) is 0 Å². The van der Waals surface area contributed by atoms with Crippen LogP contribution in [0.15, 0.2) is 47.4 Å². The van der Waals surface area contributed by atoms with Crippen molar-refractivity contribution in [2.45, 2.75) is 44.4 Å². The number of aromatic nitrogens is 4. The van der Waals surface area contributed by atoms with Crippen LogP contribution in [0.2, 0.25) is 0 Å². The summed E-state index contributed by atoms with van der Waals surface area (Å²) in [4.78, 5) is 0.357. The maximum Gasteiger partial charge on any atom is 0.243 e. The number of benzene rings is 2. The van der Waals surface area contributed by atoms with E-state index >= 15 is 0 Å². The molecule has 8 heteroatoms. The van der Waals surface area contributed by atoms with Crippen LogP contribution in [0, 0.1) is 6.92 Å². The summed E-state index contributed by atoms with van der Waals surface area (Å²) in [5.41, 5.74) is 2.98. The highest BCUT2D eigenvalue weighted by Gasteiger charge is 2.29. The van der Waals surface area contributed by atoms with Gasteiger partial charge in [-0.1, -0.05) is 43.3 Å². The van der Waals surface area contributed by atoms with Crippen molar-refractivity contribution in [2.75, 3.05) is 13.1 Å². The smallest absolute Gasteiger partial charge is 0.207 e. The maximum absolute atomic E-state index is 13.3. The second-order valence-corrected chi connectivity index (χ2v) is 9.99. The molecular weight excluding hydrogens is 410 g/mol. The zero-order valence-electron chi connectivity index (χ0n) is 17.7. The van der Waals surface area contributed by atoms with Crippen molar-refractivity contribution in [3.8, 4) is 11.3 Å². The van der Waals surface area contributed by atoms with Gasteiger partial charge in [0.2, 0.25) is 10.0 Å². The molecule has 0 unspecified atom stereocenters. The molecule has 0 amide bonds. The third kappa shape index (κ3) is 3.30. The minimum Gasteiger partial charge on any atom is -0.207 e. The number of hydrogen-bond acceptors (Lipinski definition) is 5. The molecule has 1 aliphatic heterocycles. The number of aryl methyl sites for hydroxylation is 2. The Morgan fingerprint density at radius 3 is 2.48 bits per heavy atom. The Hall–Kier alpha value is -2.84. The van der Waals surface area contributed by atoms with Gasteiger partial charge in [-0.15, -0.1) is 10.2 Å². The number of nitrogens with zero attached hydrogens (tertiary/aromatic N) is 5. The van der Waals surface area contributed by atoms with Crippen LogP contribution in [0.1, 0.15) is 37.6 Å². The number of hydrogen-bond donors (Lipinski definition) is 0. The lowest BCUT2D eigenvalue weighted by Crippen LogP contribution is -2.28. The molecule has 2 aromatic heterocycles. The summed E-state index contributed by atoms with van der Waals surface area (Å²) >= 11 is 0. The van der Waals surface area contributed by atoms with Gasteiger partial charge >= 0.3 is 0 Å². The lowest BCUT2D eigenvalue weighted by atomic mass is 10.0. The summed E-state index contributed by atoms with van der Waals surface area (Å²) in [6, 6.07) is 13.5. The second-order valence-electron chi connectivity index (χ2n) is 8.09. The Balaban J connectivity index is 1.74. The molecule has 4 aromatic rings. The summed E-state index contributed by atoms with van der Waals surface area (Å²) in [6.07, 6.45) is 3.53. The monoisotopic (exact) mass is 435 g/mol. The molecule has 0 bridgehead atoms. The fourth-order valence-corrected chi connectivity index (χ4v) is 6.08. The van der Waals surface area contributed by atoms with Crippen LogP contribution in [0.5, 0.6) is 0 Å². The Labute approximate surface area is 181 Å². The molecule has 0 saturated carbocycles. The Bertz CT molecular complexity index is 1390. The van der Waals surface area contributed by atoms with Gasteiger partial charge in [0.25, 0.3) is 0 Å². The largest absolute Gasteiger partial charge is 0.243 e. The molecule has 1 fully saturated rings. The minimum absolute atomic E-state index is 0.357. The summed E-state index contributed by atoms with van der Waals surface area (Å²) in [6.45, 7) is 5.11. The van der Waals surface area contributed by atoms with Gasteiger partial charge in [-0.25, -0.2) is 8.42 Å². The zero-order chi connectivity index (χ0) is 21.6. The molecule has 1 aliphatic rings. The predicted octanol–water partition coefficient (Wildman–Crippen LogP) is 3.99. The van der Waals surface area contributed by atoms with Gasteiger partial charge in [0, 0.05) is 35.8 Å². The average molecular weight is 436 g/mol. The van der Waals surface area contributed by atoms with Crippen LogP contribution in [0.4, 0.5) is 0 Å². The van der Waals surface area contributed by atoms with Crippen molar-refractivity contribution >= 4 is 26.4 Å². The zero-order valence-corrected chi connectivity index (χ0v) is 18.6. The number of fused-ring (bicyclic) bond motifs is 3. The van der Waals surface area contributed by atoms with E-state index in [0.717, 1.165) is 64.7 Å². The number of sulfonamides is 1. The van der Waals surface area contributed by atoms with E-state index in [4.69, 9.17) is 5.10 Å². The van der Waals surface area contributed by atoms with Crippen molar-refractivity contribution < 1.29 is 8.42 Å². The summed E-state index contributed by atoms with van der Waals surface area (Å²) < 4.78 is 30.0. The summed E-state index contributed by atoms with van der Waals surface area (Å²) in [7, 11) is -3.53. The molecule has 0 atom stereocenters. The molecule has 0 N–H and O–H groups in total. The molecule has 0 aliphatic carbocycles. The van der Waals surface area contributed by atoms with Gasteiger partial charge < -0.3 is 0 Å². The van der Waals surface area contributed by atoms with E-state index in [9.17, 15) is 8.42 Å². The van der Waals surface area contributed by atoms with E-state index in [-0.39, 0.29) is 0 Å². The Morgan fingerprint density at radius 1 is 1.00 bits per heavy atom. The second kappa shape index (κ2) is 7.69. The SMILES string of the molecule is CCCc1nnc2c3ccccc3c(-c3ccc(C)c(S(=O)(=O)N4CCCC4)c3)nn12. The third-order valence-electron chi connectivity index (χ3n) is 5.95. The standard InChI is InChI=1S/C23H25N5O2S/c1-3-8-21-24-25-23-19-10-5-4-9-18(19)22(26-28(21)23)17-12-11-16(2)20(15-17)31(29,30)27-13-6-7-14-27/h4-5,9-12,15H,3,6-8,13-14H2,1-2H3. The van der Waals surface area contributed by atoms with Gasteiger partial charge in [-0.2, -0.15) is 13.9 Å². The van der Waals surface area contributed by atoms with Crippen molar-refractivity contribution in [3.05, 3.63) is 53.9 Å². The summed E-state index contributed by atoms with van der Waals surface area (Å²) in [5.74, 6) is 0.807. The highest BCUT2D eigenvalue weighted by atomic mass is 32.2. The quantitative estimate of drug-likeness (QED) is 0.473. The molecule has 0 radical (unpaired) electrons. The van der Waals surface area contributed by atoms with Gasteiger partial charge in [-0.3, -0.25) is 0 Å². The fraction of sp³-hybridized carbons (Fsp3) is 0.348. The molecule has 2 aromatic carbocycles. The van der Waals surface area contributed by atoms with Crippen LogP contribution in [-0.2, 0) is 16.4 Å². The highest BCUT2D eigenvalue weighted by Crippen LogP contribution is 2.32. The first-order valence-corrected chi connectivity index (χ1v) is 12.2. The third-order valence-corrected chi connectivity index (χ3v) is 7.99. The first kappa shape index (κ1) is 20.1. The molecule has 3 heterocycles. The van der Waals surface area contributed by atoms with Crippen LogP contribution in [0.3, 0.4) is 0 Å². The summed E-state index contributed by atoms with van der Waals surface area (Å²) in [5, 5.41) is 15.5.